The van der Waals surface area contributed by atoms with Crippen molar-refractivity contribution in [3.8, 4) is 17.0 Å². The van der Waals surface area contributed by atoms with Crippen LogP contribution in [0.2, 0.25) is 0 Å². The highest BCUT2D eigenvalue weighted by molar-refractivity contribution is 5.73. The smallest absolute Gasteiger partial charge is 0.169 e. The Balaban J connectivity index is 1.98. The first-order valence-corrected chi connectivity index (χ1v) is 7.42. The first-order valence-electron chi connectivity index (χ1n) is 7.42. The van der Waals surface area contributed by atoms with Crippen LogP contribution in [0.1, 0.15) is 25.7 Å². The molecule has 1 aromatic heterocycles. The number of rotatable bonds is 2. The molecule has 2 aromatic rings. The SMILES string of the molecule is Nc1nnc(-c2ccccc2O)cc1N1CCCCCC1. The quantitative estimate of drug-likeness (QED) is 0.887. The number of benzene rings is 1. The normalized spacial score (nSPS) is 15.7. The lowest BCUT2D eigenvalue weighted by molar-refractivity contribution is 0.477. The zero-order valence-corrected chi connectivity index (χ0v) is 12.0. The number of para-hydroxylation sites is 1. The number of hydrogen-bond acceptors (Lipinski definition) is 5. The first kappa shape index (κ1) is 13.7. The number of nitrogens with two attached hydrogens (primary N) is 1. The van der Waals surface area contributed by atoms with Crippen molar-refractivity contribution in [1.82, 2.24) is 10.2 Å². The van der Waals surface area contributed by atoms with Gasteiger partial charge in [-0.25, -0.2) is 0 Å². The Hall–Kier alpha value is -2.30. The molecule has 1 fully saturated rings. The third-order valence-electron chi connectivity index (χ3n) is 3.93. The van der Waals surface area contributed by atoms with Crippen LogP contribution in [0.4, 0.5) is 11.5 Å². The number of hydrogen-bond donors (Lipinski definition) is 2. The minimum Gasteiger partial charge on any atom is -0.507 e. The number of nitrogens with zero attached hydrogens (tertiary/aromatic N) is 3. The van der Waals surface area contributed by atoms with E-state index < -0.39 is 0 Å². The van der Waals surface area contributed by atoms with Crippen LogP contribution in [0.25, 0.3) is 11.3 Å². The molecule has 5 nitrogen and oxygen atoms in total. The van der Waals surface area contributed by atoms with Gasteiger partial charge in [-0.15, -0.1) is 10.2 Å². The van der Waals surface area contributed by atoms with Crippen LogP contribution in [0, 0.1) is 0 Å². The highest BCUT2D eigenvalue weighted by Crippen LogP contribution is 2.32. The molecule has 3 N–H and O–H groups in total. The number of phenols is 1. The van der Waals surface area contributed by atoms with Crippen molar-refractivity contribution in [3.63, 3.8) is 0 Å². The van der Waals surface area contributed by atoms with E-state index in [1.807, 2.05) is 18.2 Å². The van der Waals surface area contributed by atoms with Crippen LogP contribution in [0.3, 0.4) is 0 Å². The molecule has 1 aromatic carbocycles. The predicted octanol–water partition coefficient (Wildman–Crippen LogP) is 2.81. The van der Waals surface area contributed by atoms with E-state index in [0.29, 0.717) is 17.1 Å². The monoisotopic (exact) mass is 284 g/mol. The third-order valence-corrected chi connectivity index (χ3v) is 3.93. The molecule has 0 bridgehead atoms. The van der Waals surface area contributed by atoms with Crippen LogP contribution in [-0.2, 0) is 0 Å². The average Bonchev–Trinajstić information content (AvgIpc) is 2.78. The molecule has 5 heteroatoms. The summed E-state index contributed by atoms with van der Waals surface area (Å²) in [6, 6.07) is 9.08. The highest BCUT2D eigenvalue weighted by atomic mass is 16.3. The maximum Gasteiger partial charge on any atom is 0.169 e. The molecule has 0 spiro atoms. The fraction of sp³-hybridized carbons (Fsp3) is 0.375. The second-order valence-electron chi connectivity index (χ2n) is 5.42. The summed E-state index contributed by atoms with van der Waals surface area (Å²) in [5, 5.41) is 18.2. The molecule has 1 saturated heterocycles. The molecule has 110 valence electrons. The summed E-state index contributed by atoms with van der Waals surface area (Å²) in [5.41, 5.74) is 8.27. The molecule has 0 radical (unpaired) electrons. The molecule has 0 saturated carbocycles. The summed E-state index contributed by atoms with van der Waals surface area (Å²) < 4.78 is 0. The fourth-order valence-electron chi connectivity index (χ4n) is 2.78. The molecule has 3 rings (SSSR count). The van der Waals surface area contributed by atoms with Crippen LogP contribution in [0.15, 0.2) is 30.3 Å². The Kier molecular flexibility index (Phi) is 3.90. The van der Waals surface area contributed by atoms with Gasteiger partial charge in [-0.1, -0.05) is 25.0 Å². The molecule has 0 amide bonds. The lowest BCUT2D eigenvalue weighted by Crippen LogP contribution is -2.25. The van der Waals surface area contributed by atoms with Crippen molar-refractivity contribution in [1.29, 1.82) is 0 Å². The third kappa shape index (κ3) is 2.91. The molecule has 0 aliphatic carbocycles. The van der Waals surface area contributed by atoms with E-state index >= 15 is 0 Å². The van der Waals surface area contributed by atoms with Gasteiger partial charge in [0, 0.05) is 18.7 Å². The van der Waals surface area contributed by atoms with E-state index in [-0.39, 0.29) is 5.75 Å². The minimum atomic E-state index is 0.207. The van der Waals surface area contributed by atoms with Gasteiger partial charge in [0.2, 0.25) is 0 Å². The lowest BCUT2D eigenvalue weighted by Gasteiger charge is -2.23. The van der Waals surface area contributed by atoms with E-state index in [1.165, 1.54) is 25.7 Å². The molecule has 1 aliphatic heterocycles. The summed E-state index contributed by atoms with van der Waals surface area (Å²) in [5.74, 6) is 0.662. The summed E-state index contributed by atoms with van der Waals surface area (Å²) in [6.07, 6.45) is 4.88. The topological polar surface area (TPSA) is 75.3 Å². The van der Waals surface area contributed by atoms with Crippen LogP contribution in [-0.4, -0.2) is 28.4 Å². The van der Waals surface area contributed by atoms with Crippen molar-refractivity contribution in [2.24, 2.45) is 0 Å². The molecular formula is C16H20N4O. The van der Waals surface area contributed by atoms with Gasteiger partial charge in [0.05, 0.1) is 11.4 Å². The second kappa shape index (κ2) is 5.99. The Labute approximate surface area is 124 Å². The number of aromatic hydroxyl groups is 1. The Morgan fingerprint density at radius 1 is 1.00 bits per heavy atom. The van der Waals surface area contributed by atoms with Crippen LogP contribution < -0.4 is 10.6 Å². The standard InChI is InChI=1S/C16H20N4O/c17-16-14(20-9-5-1-2-6-10-20)11-13(18-19-16)12-7-3-4-8-15(12)21/h3-4,7-8,11,21H,1-2,5-6,9-10H2,(H2,17,19). The molecule has 0 atom stereocenters. The average molecular weight is 284 g/mol. The number of aromatic nitrogens is 2. The Bertz CT molecular complexity index is 621. The van der Waals surface area contributed by atoms with Gasteiger partial charge in [-0.2, -0.15) is 0 Å². The number of phenolic OH excluding ortho intramolecular Hbond substituents is 1. The molecule has 0 unspecified atom stereocenters. The van der Waals surface area contributed by atoms with Crippen molar-refractivity contribution >= 4 is 11.5 Å². The second-order valence-corrected chi connectivity index (χ2v) is 5.42. The van der Waals surface area contributed by atoms with Gasteiger partial charge >= 0.3 is 0 Å². The highest BCUT2D eigenvalue weighted by Gasteiger charge is 2.16. The zero-order valence-electron chi connectivity index (χ0n) is 12.0. The van der Waals surface area contributed by atoms with Gasteiger partial charge in [-0.05, 0) is 31.0 Å². The minimum absolute atomic E-state index is 0.207. The predicted molar refractivity (Wildman–Crippen MR) is 84.2 cm³/mol. The van der Waals surface area contributed by atoms with Crippen molar-refractivity contribution in [2.75, 3.05) is 23.7 Å². The fourth-order valence-corrected chi connectivity index (χ4v) is 2.78. The lowest BCUT2D eigenvalue weighted by atomic mass is 10.1. The summed E-state index contributed by atoms with van der Waals surface area (Å²) in [4.78, 5) is 2.28. The zero-order chi connectivity index (χ0) is 14.7. The van der Waals surface area contributed by atoms with Crippen LogP contribution >= 0.6 is 0 Å². The first-order chi connectivity index (χ1) is 10.3. The van der Waals surface area contributed by atoms with Gasteiger partial charge in [-0.3, -0.25) is 0 Å². The number of anilines is 2. The van der Waals surface area contributed by atoms with E-state index in [1.54, 1.807) is 12.1 Å². The Morgan fingerprint density at radius 2 is 1.71 bits per heavy atom. The maximum atomic E-state index is 9.97. The number of nitrogen functional groups attached to an aromatic ring is 1. The van der Waals surface area contributed by atoms with E-state index in [4.69, 9.17) is 5.73 Å². The van der Waals surface area contributed by atoms with Crippen molar-refractivity contribution in [3.05, 3.63) is 30.3 Å². The Morgan fingerprint density at radius 3 is 2.43 bits per heavy atom. The van der Waals surface area contributed by atoms with E-state index in [9.17, 15) is 5.11 Å². The largest absolute Gasteiger partial charge is 0.507 e. The van der Waals surface area contributed by atoms with E-state index in [2.05, 4.69) is 15.1 Å². The summed E-state index contributed by atoms with van der Waals surface area (Å²) in [6.45, 7) is 1.99. The van der Waals surface area contributed by atoms with Crippen molar-refractivity contribution in [2.45, 2.75) is 25.7 Å². The summed E-state index contributed by atoms with van der Waals surface area (Å²) in [7, 11) is 0. The van der Waals surface area contributed by atoms with Gasteiger partial charge in [0.15, 0.2) is 5.82 Å². The molecule has 2 heterocycles. The molecule has 1 aliphatic rings. The van der Waals surface area contributed by atoms with Gasteiger partial charge in [0.25, 0.3) is 0 Å². The van der Waals surface area contributed by atoms with Crippen LogP contribution in [0.5, 0.6) is 5.75 Å². The van der Waals surface area contributed by atoms with Gasteiger partial charge < -0.3 is 15.7 Å². The maximum absolute atomic E-state index is 9.97. The summed E-state index contributed by atoms with van der Waals surface area (Å²) >= 11 is 0. The van der Waals surface area contributed by atoms with Gasteiger partial charge in [0.1, 0.15) is 5.75 Å². The molecule has 21 heavy (non-hydrogen) atoms. The molecular weight excluding hydrogens is 264 g/mol. The van der Waals surface area contributed by atoms with E-state index in [0.717, 1.165) is 18.8 Å². The van der Waals surface area contributed by atoms with Crippen molar-refractivity contribution < 1.29 is 5.11 Å².